The molecule has 0 aromatic carbocycles. The van der Waals surface area contributed by atoms with Crippen LogP contribution in [0.5, 0.6) is 0 Å². The number of aromatic nitrogens is 3. The second-order valence-electron chi connectivity index (χ2n) is 3.20. The van der Waals surface area contributed by atoms with Gasteiger partial charge in [-0.1, -0.05) is 11.6 Å². The average molecular weight is 239 g/mol. The first-order valence-corrected chi connectivity index (χ1v) is 4.78. The summed E-state index contributed by atoms with van der Waals surface area (Å²) in [4.78, 5) is 14.2. The van der Waals surface area contributed by atoms with Gasteiger partial charge in [-0.05, 0) is 18.6 Å². The molecule has 0 spiro atoms. The van der Waals surface area contributed by atoms with E-state index in [1.54, 1.807) is 12.4 Å². The molecule has 2 aromatic heterocycles. The number of pyridine rings is 1. The van der Waals surface area contributed by atoms with Crippen LogP contribution in [0.1, 0.15) is 5.56 Å². The number of rotatable bonds is 2. The summed E-state index contributed by atoms with van der Waals surface area (Å²) in [7, 11) is 0. The smallest absolute Gasteiger partial charge is 0.258 e. The molecule has 82 valence electrons. The zero-order chi connectivity index (χ0) is 11.7. The third-order valence-corrected chi connectivity index (χ3v) is 2.16. The van der Waals surface area contributed by atoms with Gasteiger partial charge < -0.3 is 0 Å². The van der Waals surface area contributed by atoms with Gasteiger partial charge in [-0.25, -0.2) is 9.67 Å². The average Bonchev–Trinajstić information content (AvgIpc) is 2.64. The van der Waals surface area contributed by atoms with Crippen LogP contribution in [0, 0.1) is 17.0 Å². The van der Waals surface area contributed by atoms with Gasteiger partial charge in [-0.3, -0.25) is 10.1 Å². The summed E-state index contributed by atoms with van der Waals surface area (Å²) in [6, 6.07) is 2.68. The largest absolute Gasteiger partial charge is 0.313 e. The summed E-state index contributed by atoms with van der Waals surface area (Å²) < 4.78 is 1.33. The summed E-state index contributed by atoms with van der Waals surface area (Å²) in [5.74, 6) is 0.116. The number of hydrogen-bond acceptors (Lipinski definition) is 4. The Bertz CT molecular complexity index is 552. The lowest BCUT2D eigenvalue weighted by molar-refractivity contribution is -0.384. The highest BCUT2D eigenvalue weighted by molar-refractivity contribution is 6.29. The monoisotopic (exact) mass is 238 g/mol. The van der Waals surface area contributed by atoms with Crippen molar-refractivity contribution in [2.75, 3.05) is 0 Å². The van der Waals surface area contributed by atoms with Crippen LogP contribution in [0.25, 0.3) is 5.82 Å². The van der Waals surface area contributed by atoms with Gasteiger partial charge in [0.15, 0.2) is 0 Å². The Hall–Kier alpha value is -1.95. The summed E-state index contributed by atoms with van der Waals surface area (Å²) in [6.45, 7) is 1.83. The molecule has 0 atom stereocenters. The first-order chi connectivity index (χ1) is 7.58. The number of nitro groups is 1. The summed E-state index contributed by atoms with van der Waals surface area (Å²) in [5, 5.41) is 14.9. The molecule has 0 saturated heterocycles. The molecule has 2 rings (SSSR count). The quantitative estimate of drug-likeness (QED) is 0.456. The molecule has 0 aliphatic rings. The van der Waals surface area contributed by atoms with E-state index in [9.17, 15) is 10.1 Å². The predicted octanol–water partition coefficient (Wildman–Crippen LogP) is 2.14. The van der Waals surface area contributed by atoms with Crippen LogP contribution in [0.4, 0.5) is 5.69 Å². The molecular weight excluding hydrogens is 232 g/mol. The molecule has 0 aliphatic carbocycles. The van der Waals surface area contributed by atoms with Crippen molar-refractivity contribution in [3.05, 3.63) is 45.4 Å². The van der Waals surface area contributed by atoms with Gasteiger partial charge in [0, 0.05) is 12.3 Å². The van der Waals surface area contributed by atoms with Crippen LogP contribution in [-0.4, -0.2) is 19.7 Å². The van der Waals surface area contributed by atoms with Crippen LogP contribution in [0.2, 0.25) is 5.15 Å². The highest BCUT2D eigenvalue weighted by atomic mass is 35.5. The van der Waals surface area contributed by atoms with Crippen molar-refractivity contribution in [1.29, 1.82) is 0 Å². The minimum absolute atomic E-state index is 0.116. The second kappa shape index (κ2) is 3.90. The lowest BCUT2D eigenvalue weighted by Gasteiger charge is -2.01. The third-order valence-electron chi connectivity index (χ3n) is 1.95. The maximum absolute atomic E-state index is 10.8. The fourth-order valence-corrected chi connectivity index (χ4v) is 1.40. The molecule has 2 heterocycles. The molecule has 0 fully saturated rings. The molecule has 0 aliphatic heterocycles. The number of nitrogens with zero attached hydrogens (tertiary/aromatic N) is 4. The highest BCUT2D eigenvalue weighted by Crippen LogP contribution is 2.22. The van der Waals surface area contributed by atoms with Crippen LogP contribution in [-0.2, 0) is 0 Å². The summed E-state index contributed by atoms with van der Waals surface area (Å²) in [6.07, 6.45) is 3.23. The summed E-state index contributed by atoms with van der Waals surface area (Å²) in [5.41, 5.74) is 0.753. The highest BCUT2D eigenvalue weighted by Gasteiger charge is 2.17. The number of halogens is 1. The molecule has 0 bridgehead atoms. The minimum Gasteiger partial charge on any atom is -0.258 e. The van der Waals surface area contributed by atoms with E-state index in [2.05, 4.69) is 10.1 Å². The molecule has 2 aromatic rings. The fourth-order valence-electron chi connectivity index (χ4n) is 1.26. The van der Waals surface area contributed by atoms with Crippen molar-refractivity contribution >= 4 is 17.3 Å². The Morgan fingerprint density at radius 1 is 1.50 bits per heavy atom. The first kappa shape index (κ1) is 10.6. The minimum atomic E-state index is -0.518. The Morgan fingerprint density at radius 3 is 2.81 bits per heavy atom. The van der Waals surface area contributed by atoms with Crippen LogP contribution in [0.15, 0.2) is 24.5 Å². The molecular formula is C9H7ClN4O2. The topological polar surface area (TPSA) is 73.8 Å². The lowest BCUT2D eigenvalue weighted by atomic mass is 10.4. The Kier molecular flexibility index (Phi) is 2.57. The molecule has 7 heteroatoms. The standard InChI is InChI=1S/C9H7ClN4O2/c1-6-4-11-13(5-6)9-7(14(15)16)2-3-8(10)12-9/h2-5H,1H3. The van der Waals surface area contributed by atoms with Gasteiger partial charge >= 0.3 is 5.69 Å². The van der Waals surface area contributed by atoms with Gasteiger partial charge in [0.05, 0.1) is 11.1 Å². The zero-order valence-electron chi connectivity index (χ0n) is 8.29. The maximum atomic E-state index is 10.8. The number of aryl methyl sites for hydroxylation is 1. The number of hydrogen-bond donors (Lipinski definition) is 0. The van der Waals surface area contributed by atoms with Gasteiger partial charge in [0.1, 0.15) is 5.15 Å². The predicted molar refractivity (Wildman–Crippen MR) is 57.8 cm³/mol. The van der Waals surface area contributed by atoms with E-state index in [0.717, 1.165) is 5.56 Å². The van der Waals surface area contributed by atoms with Crippen LogP contribution >= 0.6 is 11.6 Å². The zero-order valence-corrected chi connectivity index (χ0v) is 9.05. The fraction of sp³-hybridized carbons (Fsp3) is 0.111. The van der Waals surface area contributed by atoms with E-state index in [1.807, 2.05) is 6.92 Å². The van der Waals surface area contributed by atoms with E-state index in [-0.39, 0.29) is 16.7 Å². The van der Waals surface area contributed by atoms with Crippen molar-refractivity contribution < 1.29 is 4.92 Å². The van der Waals surface area contributed by atoms with Gasteiger partial charge in [-0.2, -0.15) is 5.10 Å². The molecule has 0 N–H and O–H groups in total. The molecule has 0 unspecified atom stereocenters. The maximum Gasteiger partial charge on any atom is 0.313 e. The Labute approximate surface area is 95.6 Å². The lowest BCUT2D eigenvalue weighted by Crippen LogP contribution is -2.03. The molecule has 6 nitrogen and oxygen atoms in total. The third kappa shape index (κ3) is 1.87. The van der Waals surface area contributed by atoms with Gasteiger partial charge in [0.2, 0.25) is 5.82 Å². The Morgan fingerprint density at radius 2 is 2.25 bits per heavy atom. The van der Waals surface area contributed by atoms with Crippen molar-refractivity contribution in [3.8, 4) is 5.82 Å². The van der Waals surface area contributed by atoms with Crippen molar-refractivity contribution in [3.63, 3.8) is 0 Å². The van der Waals surface area contributed by atoms with Crippen LogP contribution < -0.4 is 0 Å². The van der Waals surface area contributed by atoms with E-state index in [4.69, 9.17) is 11.6 Å². The normalized spacial score (nSPS) is 10.4. The van der Waals surface area contributed by atoms with E-state index in [1.165, 1.54) is 16.8 Å². The Balaban J connectivity index is 2.62. The molecule has 0 amide bonds. The SMILES string of the molecule is Cc1cnn(-c2nc(Cl)ccc2[N+](=O)[O-])c1. The van der Waals surface area contributed by atoms with Crippen molar-refractivity contribution in [2.24, 2.45) is 0 Å². The van der Waals surface area contributed by atoms with E-state index >= 15 is 0 Å². The molecule has 0 radical (unpaired) electrons. The van der Waals surface area contributed by atoms with Crippen molar-refractivity contribution in [1.82, 2.24) is 14.8 Å². The molecule has 0 saturated carbocycles. The van der Waals surface area contributed by atoms with Gasteiger partial charge in [0.25, 0.3) is 0 Å². The second-order valence-corrected chi connectivity index (χ2v) is 3.58. The van der Waals surface area contributed by atoms with Gasteiger partial charge in [-0.15, -0.1) is 0 Å². The molecule has 16 heavy (non-hydrogen) atoms. The summed E-state index contributed by atoms with van der Waals surface area (Å²) >= 11 is 5.70. The van der Waals surface area contributed by atoms with Crippen LogP contribution in [0.3, 0.4) is 0 Å². The first-order valence-electron chi connectivity index (χ1n) is 4.40. The van der Waals surface area contributed by atoms with Crippen molar-refractivity contribution in [2.45, 2.75) is 6.92 Å². The van der Waals surface area contributed by atoms with E-state index in [0.29, 0.717) is 0 Å². The van der Waals surface area contributed by atoms with E-state index < -0.39 is 4.92 Å².